The van der Waals surface area contributed by atoms with Crippen LogP contribution in [0.1, 0.15) is 25.7 Å². The summed E-state index contributed by atoms with van der Waals surface area (Å²) in [6, 6.07) is 17.5. The van der Waals surface area contributed by atoms with Gasteiger partial charge in [0.1, 0.15) is 0 Å². The lowest BCUT2D eigenvalue weighted by molar-refractivity contribution is 0.527. The fourth-order valence-electron chi connectivity index (χ4n) is 2.71. The summed E-state index contributed by atoms with van der Waals surface area (Å²) in [4.78, 5) is 2.77. The second kappa shape index (κ2) is 8.27. The third-order valence-corrected chi connectivity index (χ3v) is 7.90. The van der Waals surface area contributed by atoms with Crippen LogP contribution in [-0.2, 0) is 0 Å². The molecule has 0 aromatic heterocycles. The fraction of sp³-hybridized carbons (Fsp3) is 0.333. The summed E-state index contributed by atoms with van der Waals surface area (Å²) in [6.07, 6.45) is 5.39. The number of hydrogen-bond donors (Lipinski definition) is 0. The van der Waals surface area contributed by atoms with Crippen molar-refractivity contribution in [3.8, 4) is 0 Å². The predicted octanol–water partition coefficient (Wildman–Crippen LogP) is 7.41. The highest BCUT2D eigenvalue weighted by molar-refractivity contribution is 9.10. The van der Waals surface area contributed by atoms with Crippen LogP contribution in [-0.4, -0.2) is 10.5 Å². The van der Waals surface area contributed by atoms with Gasteiger partial charge in [0.25, 0.3) is 0 Å². The summed E-state index contributed by atoms with van der Waals surface area (Å²) in [5.41, 5.74) is 0. The Hall–Kier alpha value is 0.1000. The van der Waals surface area contributed by atoms with E-state index in [1.165, 1.54) is 35.5 Å². The van der Waals surface area contributed by atoms with Crippen molar-refractivity contribution in [3.05, 3.63) is 57.5 Å². The molecule has 22 heavy (non-hydrogen) atoms. The molecular weight excluding hydrogens is 440 g/mol. The monoisotopic (exact) mass is 456 g/mol. The minimum Gasteiger partial charge on any atom is -0.122 e. The molecule has 1 aliphatic rings. The van der Waals surface area contributed by atoms with Gasteiger partial charge in [-0.05, 0) is 61.4 Å². The van der Waals surface area contributed by atoms with Crippen LogP contribution in [0.3, 0.4) is 0 Å². The topological polar surface area (TPSA) is 0 Å². The molecule has 0 unspecified atom stereocenters. The maximum absolute atomic E-state index is 3.52. The number of rotatable bonds is 4. The standard InChI is InChI=1S/C18H18Br2S2/c19-13-5-9-15(10-6-13)21-17-3-1-2-4-18(17)22-16-11-7-14(20)8-12-16/h5-12,17-18H,1-4H2/t17-,18-/m1/s1. The van der Waals surface area contributed by atoms with Crippen LogP contribution >= 0.6 is 55.4 Å². The molecule has 0 radical (unpaired) electrons. The highest BCUT2D eigenvalue weighted by Crippen LogP contribution is 2.42. The Balaban J connectivity index is 1.68. The van der Waals surface area contributed by atoms with Gasteiger partial charge in [0.2, 0.25) is 0 Å². The van der Waals surface area contributed by atoms with Crippen LogP contribution in [0, 0.1) is 0 Å². The Morgan fingerprint density at radius 1 is 0.636 bits per heavy atom. The molecule has 0 amide bonds. The van der Waals surface area contributed by atoms with Gasteiger partial charge >= 0.3 is 0 Å². The molecule has 1 saturated carbocycles. The smallest absolute Gasteiger partial charge is 0.0217 e. The van der Waals surface area contributed by atoms with E-state index in [0.717, 1.165) is 8.95 Å². The molecule has 0 N–H and O–H groups in total. The van der Waals surface area contributed by atoms with Crippen LogP contribution in [0.15, 0.2) is 67.3 Å². The van der Waals surface area contributed by atoms with Gasteiger partial charge in [-0.25, -0.2) is 0 Å². The number of hydrogen-bond acceptors (Lipinski definition) is 2. The molecule has 116 valence electrons. The molecule has 1 fully saturated rings. The third kappa shape index (κ3) is 4.80. The van der Waals surface area contributed by atoms with E-state index in [1.54, 1.807) is 0 Å². The van der Waals surface area contributed by atoms with Crippen molar-refractivity contribution in [2.24, 2.45) is 0 Å². The molecule has 2 atom stereocenters. The van der Waals surface area contributed by atoms with Crippen molar-refractivity contribution in [1.29, 1.82) is 0 Å². The van der Waals surface area contributed by atoms with Gasteiger partial charge in [-0.3, -0.25) is 0 Å². The minimum atomic E-state index is 0.712. The first-order chi connectivity index (χ1) is 10.7. The Bertz CT molecular complexity index is 540. The van der Waals surface area contributed by atoms with Crippen molar-refractivity contribution >= 4 is 55.4 Å². The summed E-state index contributed by atoms with van der Waals surface area (Å²) in [5.74, 6) is 0. The van der Waals surface area contributed by atoms with Crippen molar-refractivity contribution in [2.45, 2.75) is 46.0 Å². The largest absolute Gasteiger partial charge is 0.122 e. The van der Waals surface area contributed by atoms with E-state index >= 15 is 0 Å². The van der Waals surface area contributed by atoms with Crippen LogP contribution in [0.2, 0.25) is 0 Å². The summed E-state index contributed by atoms with van der Waals surface area (Å²) in [5, 5.41) is 1.42. The molecule has 2 aromatic rings. The van der Waals surface area contributed by atoms with E-state index in [1.807, 2.05) is 0 Å². The normalized spacial score (nSPS) is 21.7. The first kappa shape index (κ1) is 16.9. The van der Waals surface area contributed by atoms with Crippen molar-refractivity contribution in [2.75, 3.05) is 0 Å². The summed E-state index contributed by atoms with van der Waals surface area (Å²) in [7, 11) is 0. The van der Waals surface area contributed by atoms with Gasteiger partial charge in [0, 0.05) is 29.2 Å². The van der Waals surface area contributed by atoms with Gasteiger partial charge in [-0.2, -0.15) is 0 Å². The highest BCUT2D eigenvalue weighted by Gasteiger charge is 2.26. The highest BCUT2D eigenvalue weighted by atomic mass is 79.9. The lowest BCUT2D eigenvalue weighted by Gasteiger charge is -2.30. The van der Waals surface area contributed by atoms with E-state index in [-0.39, 0.29) is 0 Å². The summed E-state index contributed by atoms with van der Waals surface area (Å²) < 4.78 is 2.31. The van der Waals surface area contributed by atoms with Crippen molar-refractivity contribution < 1.29 is 0 Å². The lowest BCUT2D eigenvalue weighted by Crippen LogP contribution is -2.24. The molecule has 0 bridgehead atoms. The Morgan fingerprint density at radius 2 is 1.00 bits per heavy atom. The molecule has 0 heterocycles. The molecule has 1 aliphatic carbocycles. The summed E-state index contributed by atoms with van der Waals surface area (Å²) >= 11 is 11.1. The maximum Gasteiger partial charge on any atom is 0.0217 e. The Kier molecular flexibility index (Phi) is 6.37. The zero-order valence-corrected chi connectivity index (χ0v) is 17.0. The molecular formula is C18H18Br2S2. The van der Waals surface area contributed by atoms with Crippen LogP contribution in [0.5, 0.6) is 0 Å². The summed E-state index contributed by atoms with van der Waals surface area (Å²) in [6.45, 7) is 0. The van der Waals surface area contributed by atoms with E-state index < -0.39 is 0 Å². The van der Waals surface area contributed by atoms with Gasteiger partial charge < -0.3 is 0 Å². The van der Waals surface area contributed by atoms with Gasteiger partial charge in [-0.1, -0.05) is 44.7 Å². The molecule has 0 saturated heterocycles. The molecule has 0 spiro atoms. The number of thioether (sulfide) groups is 2. The van der Waals surface area contributed by atoms with E-state index in [9.17, 15) is 0 Å². The minimum absolute atomic E-state index is 0.712. The van der Waals surface area contributed by atoms with Gasteiger partial charge in [0.15, 0.2) is 0 Å². The first-order valence-electron chi connectivity index (χ1n) is 7.55. The second-order valence-corrected chi connectivity index (χ2v) is 9.96. The fourth-order valence-corrected chi connectivity index (χ4v) is 6.00. The van der Waals surface area contributed by atoms with E-state index in [0.29, 0.717) is 10.5 Å². The average Bonchev–Trinajstić information content (AvgIpc) is 2.54. The van der Waals surface area contributed by atoms with Crippen molar-refractivity contribution in [1.82, 2.24) is 0 Å². The second-order valence-electron chi connectivity index (χ2n) is 5.50. The van der Waals surface area contributed by atoms with Gasteiger partial charge in [-0.15, -0.1) is 23.5 Å². The van der Waals surface area contributed by atoms with Crippen LogP contribution in [0.25, 0.3) is 0 Å². The zero-order chi connectivity index (χ0) is 15.4. The maximum atomic E-state index is 3.52. The van der Waals surface area contributed by atoms with E-state index in [2.05, 4.69) is 104 Å². The quantitative estimate of drug-likeness (QED) is 0.468. The van der Waals surface area contributed by atoms with Gasteiger partial charge in [0.05, 0.1) is 0 Å². The Labute approximate surface area is 158 Å². The van der Waals surface area contributed by atoms with Crippen LogP contribution in [0.4, 0.5) is 0 Å². The molecule has 0 nitrogen and oxygen atoms in total. The van der Waals surface area contributed by atoms with Crippen LogP contribution < -0.4 is 0 Å². The SMILES string of the molecule is Brc1ccc(S[C@@H]2CCCC[C@H]2Sc2ccc(Br)cc2)cc1. The van der Waals surface area contributed by atoms with Crippen molar-refractivity contribution in [3.63, 3.8) is 0 Å². The van der Waals surface area contributed by atoms with E-state index in [4.69, 9.17) is 0 Å². The first-order valence-corrected chi connectivity index (χ1v) is 10.9. The third-order valence-electron chi connectivity index (χ3n) is 3.84. The lowest BCUT2D eigenvalue weighted by atomic mass is 10.00. The molecule has 3 rings (SSSR count). The molecule has 4 heteroatoms. The Morgan fingerprint density at radius 3 is 1.36 bits per heavy atom. The number of halogens is 2. The average molecular weight is 458 g/mol. The predicted molar refractivity (Wildman–Crippen MR) is 106 cm³/mol. The molecule has 0 aliphatic heterocycles. The number of benzene rings is 2. The molecule has 2 aromatic carbocycles. The zero-order valence-electron chi connectivity index (χ0n) is 12.2.